The first-order valence-corrected chi connectivity index (χ1v) is 7.84. The summed E-state index contributed by atoms with van der Waals surface area (Å²) in [6, 6.07) is 7.02. The molecule has 0 saturated carbocycles. The van der Waals surface area contributed by atoms with E-state index in [9.17, 15) is 9.18 Å². The average Bonchev–Trinajstić information content (AvgIpc) is 2.50. The van der Waals surface area contributed by atoms with Gasteiger partial charge in [0.1, 0.15) is 5.82 Å². The number of carbonyl (C=O) groups is 1. The lowest BCUT2D eigenvalue weighted by atomic mass is 9.92. The molecule has 0 amide bonds. The Hall–Kier alpha value is -1.42. The molecule has 1 aromatic carbocycles. The van der Waals surface area contributed by atoms with Gasteiger partial charge in [-0.25, -0.2) is 4.39 Å². The standard InChI is InChI=1S/C17H24FNO2/c1-2-3-4-16(13-5-7-15(18)8-6-13)19-11-9-14(10-12-19)17(20)21/h5-8,14,16H,2-4,9-12H2,1H3,(H,20,21). The van der Waals surface area contributed by atoms with Crippen molar-refractivity contribution in [2.45, 2.75) is 45.1 Å². The number of rotatable bonds is 6. The SMILES string of the molecule is CCCCC(c1ccc(F)cc1)N1CCC(C(=O)O)CC1. The Bertz CT molecular complexity index is 452. The van der Waals surface area contributed by atoms with Crippen LogP contribution < -0.4 is 0 Å². The van der Waals surface area contributed by atoms with Crippen LogP contribution in [-0.2, 0) is 4.79 Å². The number of hydrogen-bond acceptors (Lipinski definition) is 2. The summed E-state index contributed by atoms with van der Waals surface area (Å²) in [6.45, 7) is 3.78. The van der Waals surface area contributed by atoms with Gasteiger partial charge in [0.05, 0.1) is 5.92 Å². The topological polar surface area (TPSA) is 40.5 Å². The first-order chi connectivity index (χ1) is 10.1. The Kier molecular flexibility index (Phi) is 5.74. The fraction of sp³-hybridized carbons (Fsp3) is 0.588. The molecule has 2 rings (SSSR count). The van der Waals surface area contributed by atoms with E-state index >= 15 is 0 Å². The van der Waals surface area contributed by atoms with Crippen LogP contribution in [0.5, 0.6) is 0 Å². The van der Waals surface area contributed by atoms with E-state index in [4.69, 9.17) is 5.11 Å². The highest BCUT2D eigenvalue weighted by Crippen LogP contribution is 2.31. The fourth-order valence-electron chi connectivity index (χ4n) is 3.10. The molecule has 1 heterocycles. The third-order valence-corrected chi connectivity index (χ3v) is 4.41. The van der Waals surface area contributed by atoms with Crippen molar-refractivity contribution in [1.29, 1.82) is 0 Å². The monoisotopic (exact) mass is 293 g/mol. The Morgan fingerprint density at radius 3 is 2.48 bits per heavy atom. The minimum absolute atomic E-state index is 0.207. The molecule has 3 nitrogen and oxygen atoms in total. The van der Waals surface area contributed by atoms with Crippen molar-refractivity contribution in [2.24, 2.45) is 5.92 Å². The number of carboxylic acids is 1. The van der Waals surface area contributed by atoms with Crippen LogP contribution in [0.3, 0.4) is 0 Å². The zero-order valence-corrected chi connectivity index (χ0v) is 12.6. The zero-order chi connectivity index (χ0) is 15.2. The normalized spacial score (nSPS) is 18.6. The number of aliphatic carboxylic acids is 1. The first kappa shape index (κ1) is 16.0. The highest BCUT2D eigenvalue weighted by atomic mass is 19.1. The van der Waals surface area contributed by atoms with Gasteiger partial charge in [-0.3, -0.25) is 9.69 Å². The van der Waals surface area contributed by atoms with Crippen LogP contribution in [0, 0.1) is 11.7 Å². The quantitative estimate of drug-likeness (QED) is 0.866. The van der Waals surface area contributed by atoms with Crippen molar-refractivity contribution >= 4 is 5.97 Å². The minimum Gasteiger partial charge on any atom is -0.481 e. The molecule has 0 aromatic heterocycles. The summed E-state index contributed by atoms with van der Waals surface area (Å²) in [5.41, 5.74) is 1.14. The van der Waals surface area contributed by atoms with Crippen LogP contribution in [-0.4, -0.2) is 29.1 Å². The number of carboxylic acid groups (broad SMARTS) is 1. The summed E-state index contributed by atoms with van der Waals surface area (Å²) in [5.74, 6) is -1.10. The molecule has 0 bridgehead atoms. The van der Waals surface area contributed by atoms with Gasteiger partial charge in [-0.1, -0.05) is 31.9 Å². The van der Waals surface area contributed by atoms with E-state index in [0.29, 0.717) is 12.8 Å². The minimum atomic E-state index is -0.679. The fourth-order valence-corrected chi connectivity index (χ4v) is 3.10. The van der Waals surface area contributed by atoms with Crippen molar-refractivity contribution < 1.29 is 14.3 Å². The van der Waals surface area contributed by atoms with Crippen LogP contribution in [0.2, 0.25) is 0 Å². The zero-order valence-electron chi connectivity index (χ0n) is 12.6. The maximum atomic E-state index is 13.1. The molecule has 1 aliphatic heterocycles. The molecule has 0 aliphatic carbocycles. The molecule has 1 fully saturated rings. The van der Waals surface area contributed by atoms with Gasteiger partial charge in [-0.15, -0.1) is 0 Å². The van der Waals surface area contributed by atoms with Crippen molar-refractivity contribution in [2.75, 3.05) is 13.1 Å². The van der Waals surface area contributed by atoms with Crippen LogP contribution in [0.25, 0.3) is 0 Å². The lowest BCUT2D eigenvalue weighted by Gasteiger charge is -2.37. The summed E-state index contributed by atoms with van der Waals surface area (Å²) in [7, 11) is 0. The number of piperidine rings is 1. The lowest BCUT2D eigenvalue weighted by Crippen LogP contribution is -2.38. The molecule has 1 atom stereocenters. The van der Waals surface area contributed by atoms with Gasteiger partial charge < -0.3 is 5.11 Å². The summed E-state index contributed by atoms with van der Waals surface area (Å²) in [5, 5.41) is 9.09. The first-order valence-electron chi connectivity index (χ1n) is 7.84. The van der Waals surface area contributed by atoms with E-state index in [2.05, 4.69) is 11.8 Å². The number of nitrogens with zero attached hydrogens (tertiary/aromatic N) is 1. The lowest BCUT2D eigenvalue weighted by molar-refractivity contribution is -0.143. The summed E-state index contributed by atoms with van der Waals surface area (Å²) in [4.78, 5) is 13.4. The molecular formula is C17H24FNO2. The Balaban J connectivity index is 2.06. The molecular weight excluding hydrogens is 269 g/mol. The van der Waals surface area contributed by atoms with Crippen molar-refractivity contribution in [1.82, 2.24) is 4.90 Å². The Morgan fingerprint density at radius 2 is 1.95 bits per heavy atom. The summed E-state index contributed by atoms with van der Waals surface area (Å²) >= 11 is 0. The van der Waals surface area contributed by atoms with E-state index in [1.54, 1.807) is 0 Å². The molecule has 1 N–H and O–H groups in total. The third kappa shape index (κ3) is 4.27. The number of benzene rings is 1. The van der Waals surface area contributed by atoms with Crippen LogP contribution >= 0.6 is 0 Å². The van der Waals surface area contributed by atoms with Gasteiger partial charge in [0.15, 0.2) is 0 Å². The van der Waals surface area contributed by atoms with Gasteiger partial charge in [0, 0.05) is 6.04 Å². The van der Waals surface area contributed by atoms with E-state index in [1.807, 2.05) is 12.1 Å². The molecule has 1 aliphatic rings. The van der Waals surface area contributed by atoms with Gasteiger partial charge in [-0.2, -0.15) is 0 Å². The number of halogens is 1. The van der Waals surface area contributed by atoms with E-state index in [1.165, 1.54) is 12.1 Å². The van der Waals surface area contributed by atoms with Gasteiger partial charge in [-0.05, 0) is 50.0 Å². The van der Waals surface area contributed by atoms with E-state index < -0.39 is 5.97 Å². The molecule has 21 heavy (non-hydrogen) atoms. The van der Waals surface area contributed by atoms with Crippen LogP contribution in [0.1, 0.15) is 50.6 Å². The summed E-state index contributed by atoms with van der Waals surface area (Å²) in [6.07, 6.45) is 4.71. The second-order valence-electron chi connectivity index (χ2n) is 5.86. The van der Waals surface area contributed by atoms with Gasteiger partial charge in [0.25, 0.3) is 0 Å². The molecule has 1 saturated heterocycles. The predicted molar refractivity (Wildman–Crippen MR) is 80.6 cm³/mol. The smallest absolute Gasteiger partial charge is 0.306 e. The molecule has 1 aromatic rings. The average molecular weight is 293 g/mol. The molecule has 0 radical (unpaired) electrons. The number of likely N-dealkylation sites (tertiary alicyclic amines) is 1. The summed E-state index contributed by atoms with van der Waals surface area (Å²) < 4.78 is 13.1. The molecule has 1 unspecified atom stereocenters. The molecule has 0 spiro atoms. The second kappa shape index (κ2) is 7.55. The van der Waals surface area contributed by atoms with E-state index in [-0.39, 0.29) is 17.8 Å². The highest BCUT2D eigenvalue weighted by Gasteiger charge is 2.28. The number of hydrogen-bond donors (Lipinski definition) is 1. The van der Waals surface area contributed by atoms with Crippen molar-refractivity contribution in [3.8, 4) is 0 Å². The molecule has 116 valence electrons. The molecule has 4 heteroatoms. The van der Waals surface area contributed by atoms with Crippen LogP contribution in [0.15, 0.2) is 24.3 Å². The van der Waals surface area contributed by atoms with E-state index in [0.717, 1.165) is 37.9 Å². The second-order valence-corrected chi connectivity index (χ2v) is 5.86. The highest BCUT2D eigenvalue weighted by molar-refractivity contribution is 5.70. The van der Waals surface area contributed by atoms with Crippen molar-refractivity contribution in [3.63, 3.8) is 0 Å². The van der Waals surface area contributed by atoms with Gasteiger partial charge in [0.2, 0.25) is 0 Å². The predicted octanol–water partition coefficient (Wildman–Crippen LogP) is 3.85. The Morgan fingerprint density at radius 1 is 1.33 bits per heavy atom. The van der Waals surface area contributed by atoms with Crippen molar-refractivity contribution in [3.05, 3.63) is 35.6 Å². The number of unbranched alkanes of at least 4 members (excludes halogenated alkanes) is 1. The Labute approximate surface area is 125 Å². The largest absolute Gasteiger partial charge is 0.481 e. The van der Waals surface area contributed by atoms with Gasteiger partial charge >= 0.3 is 5.97 Å². The maximum Gasteiger partial charge on any atom is 0.306 e. The third-order valence-electron chi connectivity index (χ3n) is 4.41. The van der Waals surface area contributed by atoms with Crippen LogP contribution in [0.4, 0.5) is 4.39 Å². The maximum absolute atomic E-state index is 13.1.